The quantitative estimate of drug-likeness (QED) is 0.652. The van der Waals surface area contributed by atoms with Crippen LogP contribution >= 0.6 is 0 Å². The molecule has 0 aliphatic rings. The number of hydrogen-bond acceptors (Lipinski definition) is 3. The minimum Gasteiger partial charge on any atom is -0.497 e. The Morgan fingerprint density at radius 3 is 2.00 bits per heavy atom. The highest BCUT2D eigenvalue weighted by Gasteiger charge is 2.18. The maximum Gasteiger partial charge on any atom is 0.126 e. The van der Waals surface area contributed by atoms with E-state index < -0.39 is 6.10 Å². The standard InChI is InChI=1S/C19H33NO3/c1-15(2)10-20(11-16(3)4)12-18(21)14-23-13-17-6-8-19(22-5)9-7-17/h6-9,15-16,18,21H,10-14H2,1-5H3/p+1/t18-/m0/s1. The third kappa shape index (κ3) is 8.94. The average molecular weight is 324 g/mol. The average Bonchev–Trinajstić information content (AvgIpc) is 2.46. The Labute approximate surface area is 141 Å². The lowest BCUT2D eigenvalue weighted by Crippen LogP contribution is -3.14. The predicted molar refractivity (Wildman–Crippen MR) is 93.9 cm³/mol. The van der Waals surface area contributed by atoms with Crippen LogP contribution in [0.1, 0.15) is 33.3 Å². The van der Waals surface area contributed by atoms with Crippen molar-refractivity contribution >= 4 is 0 Å². The van der Waals surface area contributed by atoms with Crippen molar-refractivity contribution in [1.82, 2.24) is 0 Å². The highest BCUT2D eigenvalue weighted by Crippen LogP contribution is 2.11. The summed E-state index contributed by atoms with van der Waals surface area (Å²) in [5.41, 5.74) is 1.09. The molecule has 132 valence electrons. The minimum absolute atomic E-state index is 0.381. The van der Waals surface area contributed by atoms with E-state index in [0.29, 0.717) is 25.0 Å². The fourth-order valence-electron chi connectivity index (χ4n) is 2.83. The molecule has 0 aliphatic carbocycles. The highest BCUT2D eigenvalue weighted by atomic mass is 16.5. The second-order valence-corrected chi connectivity index (χ2v) is 7.17. The van der Waals surface area contributed by atoms with Crippen molar-refractivity contribution in [2.45, 2.75) is 40.4 Å². The van der Waals surface area contributed by atoms with Gasteiger partial charge in [0.2, 0.25) is 0 Å². The van der Waals surface area contributed by atoms with E-state index in [-0.39, 0.29) is 0 Å². The zero-order chi connectivity index (χ0) is 17.2. The van der Waals surface area contributed by atoms with Crippen molar-refractivity contribution in [2.75, 3.05) is 33.4 Å². The molecule has 0 heterocycles. The summed E-state index contributed by atoms with van der Waals surface area (Å²) in [5.74, 6) is 2.11. The van der Waals surface area contributed by atoms with Crippen LogP contribution in [0.3, 0.4) is 0 Å². The lowest BCUT2D eigenvalue weighted by molar-refractivity contribution is -0.909. The molecule has 1 atom stereocenters. The lowest BCUT2D eigenvalue weighted by Gasteiger charge is -2.25. The van der Waals surface area contributed by atoms with Crippen LogP contribution in [-0.2, 0) is 11.3 Å². The molecule has 1 aromatic carbocycles. The zero-order valence-electron chi connectivity index (χ0n) is 15.3. The minimum atomic E-state index is -0.416. The maximum absolute atomic E-state index is 10.2. The number of aliphatic hydroxyl groups is 1. The molecular weight excluding hydrogens is 290 g/mol. The van der Waals surface area contributed by atoms with Gasteiger partial charge in [0.25, 0.3) is 0 Å². The molecule has 0 saturated carbocycles. The highest BCUT2D eigenvalue weighted by molar-refractivity contribution is 5.26. The summed E-state index contributed by atoms with van der Waals surface area (Å²) < 4.78 is 10.8. The van der Waals surface area contributed by atoms with E-state index in [1.807, 2.05) is 24.3 Å². The fourth-order valence-corrected chi connectivity index (χ4v) is 2.83. The number of aliphatic hydroxyl groups excluding tert-OH is 1. The van der Waals surface area contributed by atoms with E-state index in [1.165, 1.54) is 4.90 Å². The number of quaternary nitrogens is 1. The normalized spacial score (nSPS) is 13.1. The second kappa shape index (κ2) is 10.6. The summed E-state index contributed by atoms with van der Waals surface area (Å²) in [7, 11) is 1.66. The van der Waals surface area contributed by atoms with Crippen molar-refractivity contribution in [3.8, 4) is 5.75 Å². The van der Waals surface area contributed by atoms with Gasteiger partial charge in [-0.3, -0.25) is 0 Å². The molecule has 4 nitrogen and oxygen atoms in total. The summed E-state index contributed by atoms with van der Waals surface area (Å²) >= 11 is 0. The molecule has 0 fully saturated rings. The van der Waals surface area contributed by atoms with Crippen molar-refractivity contribution in [1.29, 1.82) is 0 Å². The van der Waals surface area contributed by atoms with Crippen molar-refractivity contribution < 1.29 is 19.5 Å². The van der Waals surface area contributed by atoms with Gasteiger partial charge in [0, 0.05) is 11.8 Å². The van der Waals surface area contributed by atoms with Crippen LogP contribution in [0.4, 0.5) is 0 Å². The molecule has 0 aliphatic heterocycles. The van der Waals surface area contributed by atoms with Gasteiger partial charge in [0.15, 0.2) is 0 Å². The van der Waals surface area contributed by atoms with Gasteiger partial charge in [0.1, 0.15) is 18.4 Å². The Morgan fingerprint density at radius 1 is 0.957 bits per heavy atom. The first kappa shape index (κ1) is 19.9. The van der Waals surface area contributed by atoms with Gasteiger partial charge >= 0.3 is 0 Å². The number of nitrogens with one attached hydrogen (secondary N) is 1. The number of rotatable bonds is 11. The van der Waals surface area contributed by atoms with Gasteiger partial charge in [-0.05, 0) is 17.7 Å². The van der Waals surface area contributed by atoms with Crippen molar-refractivity contribution in [2.24, 2.45) is 11.8 Å². The predicted octanol–water partition coefficient (Wildman–Crippen LogP) is 1.77. The number of ether oxygens (including phenoxy) is 2. The molecule has 0 amide bonds. The van der Waals surface area contributed by atoms with Crippen LogP contribution < -0.4 is 9.64 Å². The van der Waals surface area contributed by atoms with Crippen molar-refractivity contribution in [3.63, 3.8) is 0 Å². The SMILES string of the molecule is COc1ccc(COC[C@@H](O)C[NH+](CC(C)C)CC(C)C)cc1. The van der Waals surface area contributed by atoms with E-state index >= 15 is 0 Å². The number of hydrogen-bond donors (Lipinski definition) is 2. The van der Waals surface area contributed by atoms with Gasteiger partial charge in [-0.25, -0.2) is 0 Å². The molecule has 4 heteroatoms. The van der Waals surface area contributed by atoms with Crippen molar-refractivity contribution in [3.05, 3.63) is 29.8 Å². The van der Waals surface area contributed by atoms with Crippen LogP contribution in [0.15, 0.2) is 24.3 Å². The van der Waals surface area contributed by atoms with Gasteiger partial charge in [0.05, 0.1) is 33.4 Å². The van der Waals surface area contributed by atoms with Gasteiger partial charge in [-0.2, -0.15) is 0 Å². The van der Waals surface area contributed by atoms with Crippen LogP contribution in [-0.4, -0.2) is 44.6 Å². The second-order valence-electron chi connectivity index (χ2n) is 7.17. The van der Waals surface area contributed by atoms with Crippen LogP contribution in [0, 0.1) is 11.8 Å². The van der Waals surface area contributed by atoms with Crippen LogP contribution in [0.2, 0.25) is 0 Å². The molecule has 23 heavy (non-hydrogen) atoms. The molecular formula is C19H34NO3+. The largest absolute Gasteiger partial charge is 0.497 e. The van der Waals surface area contributed by atoms with E-state index in [9.17, 15) is 5.11 Å². The number of benzene rings is 1. The smallest absolute Gasteiger partial charge is 0.126 e. The Kier molecular flexibility index (Phi) is 9.22. The molecule has 2 N–H and O–H groups in total. The molecule has 1 rings (SSSR count). The van der Waals surface area contributed by atoms with Gasteiger partial charge < -0.3 is 19.5 Å². The maximum atomic E-state index is 10.2. The number of methoxy groups -OCH3 is 1. The monoisotopic (exact) mass is 324 g/mol. The molecule has 0 saturated heterocycles. The summed E-state index contributed by atoms with van der Waals surface area (Å²) in [4.78, 5) is 1.45. The Balaban J connectivity index is 2.34. The first-order chi connectivity index (χ1) is 10.9. The Hall–Kier alpha value is -1.10. The fraction of sp³-hybridized carbons (Fsp3) is 0.684. The molecule has 0 spiro atoms. The molecule has 0 aromatic heterocycles. The summed E-state index contributed by atoms with van der Waals surface area (Å²) in [5, 5.41) is 10.2. The molecule has 0 bridgehead atoms. The third-order valence-corrected chi connectivity index (χ3v) is 3.66. The first-order valence-corrected chi connectivity index (χ1v) is 8.63. The van der Waals surface area contributed by atoms with Gasteiger partial charge in [-0.15, -0.1) is 0 Å². The summed E-state index contributed by atoms with van der Waals surface area (Å²) in [6.07, 6.45) is -0.416. The first-order valence-electron chi connectivity index (χ1n) is 8.63. The van der Waals surface area contributed by atoms with Gasteiger partial charge in [-0.1, -0.05) is 39.8 Å². The third-order valence-electron chi connectivity index (χ3n) is 3.66. The summed E-state index contributed by atoms with van der Waals surface area (Å²) in [6, 6.07) is 7.82. The molecule has 1 aromatic rings. The van der Waals surface area contributed by atoms with E-state index in [1.54, 1.807) is 7.11 Å². The Bertz CT molecular complexity index is 407. The topological polar surface area (TPSA) is 43.1 Å². The zero-order valence-corrected chi connectivity index (χ0v) is 15.3. The van der Waals surface area contributed by atoms with E-state index in [0.717, 1.165) is 30.9 Å². The van der Waals surface area contributed by atoms with E-state index in [4.69, 9.17) is 9.47 Å². The molecule has 0 radical (unpaired) electrons. The van der Waals surface area contributed by atoms with Crippen LogP contribution in [0.25, 0.3) is 0 Å². The Morgan fingerprint density at radius 2 is 1.52 bits per heavy atom. The van der Waals surface area contributed by atoms with Crippen LogP contribution in [0.5, 0.6) is 5.75 Å². The lowest BCUT2D eigenvalue weighted by atomic mass is 10.1. The molecule has 0 unspecified atom stereocenters. The summed E-state index contributed by atoms with van der Waals surface area (Å²) in [6.45, 7) is 12.7. The van der Waals surface area contributed by atoms with E-state index in [2.05, 4.69) is 27.7 Å².